The summed E-state index contributed by atoms with van der Waals surface area (Å²) in [5, 5.41) is 52.4. The summed E-state index contributed by atoms with van der Waals surface area (Å²) in [4.78, 5) is 10.5. The molecule has 1 radical (unpaired) electrons. The van der Waals surface area contributed by atoms with Crippen LogP contribution >= 0.6 is 0 Å². The van der Waals surface area contributed by atoms with Gasteiger partial charge in [0.25, 0.3) is 0 Å². The third kappa shape index (κ3) is 8.52. The van der Waals surface area contributed by atoms with Crippen molar-refractivity contribution in [3.05, 3.63) is 114 Å². The number of carboxylic acids is 1. The number of azo groups is 2. The summed E-state index contributed by atoms with van der Waals surface area (Å²) in [6.45, 7) is 1.64. The maximum absolute atomic E-state index is 12.4. The molecule has 0 atom stereocenters. The van der Waals surface area contributed by atoms with Crippen LogP contribution in [0, 0.1) is 6.92 Å². The molecule has 46 heavy (non-hydrogen) atoms. The molecule has 15 nitrogen and oxygen atoms in total. The van der Waals surface area contributed by atoms with Crippen molar-refractivity contribution in [1.82, 2.24) is 9.78 Å². The molecule has 0 bridgehead atoms. The first-order valence-electron chi connectivity index (χ1n) is 12.7. The molecule has 0 aliphatic carbocycles. The maximum atomic E-state index is 12.4. The normalized spacial score (nSPS) is 11.2. The van der Waals surface area contributed by atoms with Crippen LogP contribution in [0.2, 0.25) is 0 Å². The average Bonchev–Trinajstić information content (AvgIpc) is 3.29. The van der Waals surface area contributed by atoms with E-state index >= 15 is 0 Å². The molecule has 0 aliphatic rings. The molecule has 0 saturated heterocycles. The quantitative estimate of drug-likeness (QED) is 0.150. The molecular formula is C29H23CrN8O7S. The van der Waals surface area contributed by atoms with E-state index in [9.17, 15) is 33.1 Å². The maximum Gasteiger partial charge on any atom is 3.00 e. The monoisotopic (exact) mass is 679 g/mol. The van der Waals surface area contributed by atoms with Gasteiger partial charge in [-0.25, -0.2) is 13.1 Å². The van der Waals surface area contributed by atoms with Crippen LogP contribution < -0.4 is 10.2 Å². The summed E-state index contributed by atoms with van der Waals surface area (Å²) < 4.78 is 33.9. The van der Waals surface area contributed by atoms with E-state index in [2.05, 4.69) is 25.6 Å². The summed E-state index contributed by atoms with van der Waals surface area (Å²) in [6.07, 6.45) is 0. The second-order valence-corrected chi connectivity index (χ2v) is 10.4. The summed E-state index contributed by atoms with van der Waals surface area (Å²) >= 11 is 0. The number of carbonyl (C=O) groups excluding carboxylic acids is 1. The molecule has 5 aromatic rings. The molecule has 3 N–H and O–H groups in total. The van der Waals surface area contributed by atoms with Gasteiger partial charge in [0, 0.05) is 11.4 Å². The molecule has 4 aromatic carbocycles. The molecule has 0 unspecified atom stereocenters. The van der Waals surface area contributed by atoms with Crippen LogP contribution in [0.15, 0.2) is 116 Å². The van der Waals surface area contributed by atoms with Crippen LogP contribution in [0.1, 0.15) is 18.9 Å². The van der Waals surface area contributed by atoms with Gasteiger partial charge in [-0.15, -0.1) is 26.7 Å². The molecule has 0 spiro atoms. The first-order chi connectivity index (χ1) is 21.3. The number of aromatic nitrogens is 2. The summed E-state index contributed by atoms with van der Waals surface area (Å²) in [5.41, 5.74) is 16.0. The Bertz CT molecular complexity index is 2050. The number of hydrogen-bond donors (Lipinski definition) is 1. The number of carbonyl (C=O) groups is 1. The Kier molecular flexibility index (Phi) is 11.3. The summed E-state index contributed by atoms with van der Waals surface area (Å²) in [6, 6.07) is 21.9. The van der Waals surface area contributed by atoms with Crippen molar-refractivity contribution < 1.29 is 53.3 Å². The fourth-order valence-corrected chi connectivity index (χ4v) is 4.15. The average molecular weight is 680 g/mol. The van der Waals surface area contributed by atoms with Gasteiger partial charge in [0.2, 0.25) is 0 Å². The van der Waals surface area contributed by atoms with E-state index in [-0.39, 0.29) is 65.7 Å². The Morgan fingerprint density at radius 3 is 2.15 bits per heavy atom. The van der Waals surface area contributed by atoms with Gasteiger partial charge < -0.3 is 36.1 Å². The fraction of sp³-hybridized carbons (Fsp3) is 0.0345. The molecule has 17 heteroatoms. The minimum atomic E-state index is -4.66. The second kappa shape index (κ2) is 14.9. The minimum absolute atomic E-state index is 0. The smallest absolute Gasteiger partial charge is 0.857 e. The molecular weight excluding hydrogens is 656 g/mol. The number of para-hydroxylation sites is 1. The van der Waals surface area contributed by atoms with E-state index < -0.39 is 26.9 Å². The number of nitrogens with zero attached hydrogens (tertiary/aromatic N) is 6. The van der Waals surface area contributed by atoms with Gasteiger partial charge >= 0.3 is 20.2 Å². The van der Waals surface area contributed by atoms with Crippen molar-refractivity contribution >= 4 is 50.2 Å². The molecule has 233 valence electrons. The van der Waals surface area contributed by atoms with Crippen molar-refractivity contribution in [2.24, 2.45) is 20.5 Å². The van der Waals surface area contributed by atoms with Gasteiger partial charge in [-0.3, -0.25) is 0 Å². The van der Waals surface area contributed by atoms with E-state index in [1.165, 1.54) is 35.0 Å². The molecule has 1 heterocycles. The predicted octanol–water partition coefficient (Wildman–Crippen LogP) is 6.33. The Morgan fingerprint density at radius 2 is 1.50 bits per heavy atom. The number of rotatable bonds is 7. The Labute approximate surface area is 276 Å². The number of aryl methyl sites for hydroxylation is 1. The second-order valence-electron chi connectivity index (χ2n) is 9.03. The van der Waals surface area contributed by atoms with Crippen LogP contribution in [0.5, 0.6) is 11.6 Å². The largest absolute Gasteiger partial charge is 3.00 e. The Hall–Kier alpha value is -5.60. The third-order valence-corrected chi connectivity index (χ3v) is 6.70. The number of phenolic OH excluding ortho intramolecular Hbond substituents is 1. The zero-order valence-electron chi connectivity index (χ0n) is 25.6. The molecule has 0 saturated carbocycles. The van der Waals surface area contributed by atoms with Crippen LogP contribution in [0.3, 0.4) is 0 Å². The van der Waals surface area contributed by atoms with E-state index in [1.807, 2.05) is 6.07 Å². The van der Waals surface area contributed by atoms with Gasteiger partial charge in [0.05, 0.1) is 33.6 Å². The van der Waals surface area contributed by atoms with E-state index in [0.29, 0.717) is 11.4 Å². The standard InChI is InChI=1S/C17H14N4O3.C12H10N4O4S.Cr/c1-11-15(16(22)21(20-11)12-7-3-2-4-8-12)19-18-14-10-6-5-9-13(14)17(23)24;13-7-1-3-10(9(14)5-7)15-16-11-6-8(21(18,19)20)2-4-12(11)17;/h2-10,22H,1H3,(H,23,24);1-6H,(H4-2,13,14,15,16,17,18,19,20);/q;-2;+3/p-1. The molecule has 0 aliphatic heterocycles. The fourth-order valence-electron chi connectivity index (χ4n) is 3.66. The number of nitrogens with one attached hydrogen (secondary N) is 2. The summed E-state index contributed by atoms with van der Waals surface area (Å²) in [5.74, 6) is -2.13. The zero-order valence-corrected chi connectivity index (χ0v) is 25.6. The van der Waals surface area contributed by atoms with E-state index in [4.69, 9.17) is 11.5 Å². The number of aromatic hydroxyl groups is 1. The minimum Gasteiger partial charge on any atom is -0.857 e. The predicted molar refractivity (Wildman–Crippen MR) is 160 cm³/mol. The number of phenols is 1. The molecule has 5 rings (SSSR count). The first-order valence-corrected chi connectivity index (χ1v) is 14.1. The number of carboxylic acid groups (broad SMARTS) is 1. The number of aromatic carboxylic acids is 1. The van der Waals surface area contributed by atoms with Crippen LogP contribution in [0.25, 0.3) is 17.2 Å². The number of benzene rings is 4. The van der Waals surface area contributed by atoms with Crippen molar-refractivity contribution in [3.8, 4) is 17.3 Å². The van der Waals surface area contributed by atoms with E-state index in [1.54, 1.807) is 43.3 Å². The van der Waals surface area contributed by atoms with Crippen molar-refractivity contribution in [1.29, 1.82) is 0 Å². The van der Waals surface area contributed by atoms with Gasteiger partial charge in [-0.05, 0) is 49.4 Å². The first kappa shape index (κ1) is 34.9. The molecule has 0 fully saturated rings. The Balaban J connectivity index is 0.000000456. The Morgan fingerprint density at radius 1 is 0.870 bits per heavy atom. The van der Waals surface area contributed by atoms with Crippen LogP contribution in [-0.4, -0.2) is 33.8 Å². The van der Waals surface area contributed by atoms with Crippen molar-refractivity contribution in [2.45, 2.75) is 11.8 Å². The zero-order chi connectivity index (χ0) is 32.7. The summed E-state index contributed by atoms with van der Waals surface area (Å²) in [7, 11) is -4.66. The van der Waals surface area contributed by atoms with Crippen molar-refractivity contribution in [2.75, 3.05) is 0 Å². The topological polar surface area (TPSA) is 255 Å². The molecule has 0 amide bonds. The van der Waals surface area contributed by atoms with Gasteiger partial charge in [0.15, 0.2) is 0 Å². The van der Waals surface area contributed by atoms with Crippen molar-refractivity contribution in [3.63, 3.8) is 0 Å². The van der Waals surface area contributed by atoms with Crippen LogP contribution in [-0.2, 0) is 27.5 Å². The van der Waals surface area contributed by atoms with Crippen LogP contribution in [0.4, 0.5) is 34.1 Å². The molecule has 1 aromatic heterocycles. The van der Waals surface area contributed by atoms with E-state index in [0.717, 1.165) is 18.2 Å². The number of hydrogen-bond acceptors (Lipinski definition) is 12. The van der Waals surface area contributed by atoms with Gasteiger partial charge in [-0.2, -0.15) is 10.2 Å². The third-order valence-electron chi connectivity index (χ3n) is 5.87. The van der Waals surface area contributed by atoms with Gasteiger partial charge in [0.1, 0.15) is 27.2 Å². The SMILES string of the molecule is Cc1nn(-c2ccccc2)c([O-])c1N=Nc1ccccc1C(=O)[O-].[Cr+3].[H+].[H+].[NH-]c1ccc(N=Nc2cc(S(=O)(=O)[O-])ccc2O)c([NH-])c1. The van der Waals surface area contributed by atoms with Gasteiger partial charge in [-0.1, -0.05) is 48.5 Å².